The van der Waals surface area contributed by atoms with Crippen LogP contribution in [0.4, 0.5) is 5.69 Å². The van der Waals surface area contributed by atoms with Crippen molar-refractivity contribution >= 4 is 22.5 Å². The van der Waals surface area contributed by atoms with Gasteiger partial charge >= 0.3 is 0 Å². The molecule has 5 aromatic rings. The minimum absolute atomic E-state index is 0.315. The zero-order valence-electron chi connectivity index (χ0n) is 19.0. The fourth-order valence-electron chi connectivity index (χ4n) is 4.09. The van der Waals surface area contributed by atoms with E-state index in [9.17, 15) is 4.79 Å². The molecule has 0 spiro atoms. The summed E-state index contributed by atoms with van der Waals surface area (Å²) >= 11 is 0. The first-order chi connectivity index (χ1) is 16.4. The fraction of sp³-hybridized carbons (Fsp3) is 0.111. The number of rotatable bonds is 5. The van der Waals surface area contributed by atoms with Crippen LogP contribution >= 0.6 is 0 Å². The second kappa shape index (κ2) is 8.44. The molecule has 0 saturated carbocycles. The van der Waals surface area contributed by atoms with E-state index < -0.39 is 5.91 Å². The maximum absolute atomic E-state index is 11.6. The SMILES string of the molecule is CCc1cc(-c2ccc(C(N)=O)c(N)c2)c2cccc(-n3cnc(-c4ccc(C)nc4)c3)c2n1. The van der Waals surface area contributed by atoms with Crippen molar-refractivity contribution in [3.8, 4) is 28.1 Å². The van der Waals surface area contributed by atoms with Crippen molar-refractivity contribution in [1.82, 2.24) is 19.5 Å². The molecule has 1 amide bonds. The predicted octanol–water partition coefficient (Wildman–Crippen LogP) is 4.70. The number of carbonyl (C=O) groups excluding carboxylic acids is 1. The Morgan fingerprint density at radius 3 is 2.56 bits per heavy atom. The van der Waals surface area contributed by atoms with Crippen LogP contribution < -0.4 is 11.5 Å². The number of aryl methyl sites for hydroxylation is 2. The highest BCUT2D eigenvalue weighted by Gasteiger charge is 2.15. The van der Waals surface area contributed by atoms with E-state index in [2.05, 4.69) is 23.0 Å². The van der Waals surface area contributed by atoms with E-state index in [0.29, 0.717) is 11.3 Å². The summed E-state index contributed by atoms with van der Waals surface area (Å²) in [6.45, 7) is 4.03. The van der Waals surface area contributed by atoms with E-state index in [-0.39, 0.29) is 0 Å². The third kappa shape index (κ3) is 3.77. The minimum Gasteiger partial charge on any atom is -0.398 e. The number of nitrogen functional groups attached to an aromatic ring is 1. The summed E-state index contributed by atoms with van der Waals surface area (Å²) < 4.78 is 1.98. The Balaban J connectivity index is 1.67. The molecule has 0 aliphatic heterocycles. The number of aromatic nitrogens is 4. The van der Waals surface area contributed by atoms with Gasteiger partial charge in [-0.1, -0.05) is 25.1 Å². The lowest BCUT2D eigenvalue weighted by atomic mass is 9.97. The fourth-order valence-corrected chi connectivity index (χ4v) is 4.09. The number of nitrogens with zero attached hydrogens (tertiary/aromatic N) is 4. The second-order valence-electron chi connectivity index (χ2n) is 8.21. The van der Waals surface area contributed by atoms with Crippen LogP contribution in [0.1, 0.15) is 28.7 Å². The average Bonchev–Trinajstić information content (AvgIpc) is 3.33. The van der Waals surface area contributed by atoms with Crippen molar-refractivity contribution < 1.29 is 4.79 Å². The van der Waals surface area contributed by atoms with Gasteiger partial charge in [0.2, 0.25) is 0 Å². The van der Waals surface area contributed by atoms with E-state index >= 15 is 0 Å². The normalized spacial score (nSPS) is 11.1. The molecule has 34 heavy (non-hydrogen) atoms. The standard InChI is InChI=1S/C27H24N6O/c1-3-19-12-22(17-9-10-21(27(29)34)23(28)11-17)20-5-4-6-25(26(20)32-19)33-14-24(31-15-33)18-8-7-16(2)30-13-18/h4-15H,3,28H2,1-2H3,(H2,29,34). The first-order valence-electron chi connectivity index (χ1n) is 11.0. The Bertz CT molecular complexity index is 1540. The lowest BCUT2D eigenvalue weighted by Crippen LogP contribution is -2.13. The summed E-state index contributed by atoms with van der Waals surface area (Å²) in [5.74, 6) is -0.542. The van der Waals surface area contributed by atoms with E-state index in [1.165, 1.54) is 0 Å². The third-order valence-corrected chi connectivity index (χ3v) is 5.93. The summed E-state index contributed by atoms with van der Waals surface area (Å²) in [4.78, 5) is 25.6. The van der Waals surface area contributed by atoms with Gasteiger partial charge < -0.3 is 16.0 Å². The monoisotopic (exact) mass is 448 g/mol. The molecule has 5 rings (SSSR count). The molecule has 2 aromatic carbocycles. The molecule has 168 valence electrons. The lowest BCUT2D eigenvalue weighted by Gasteiger charge is -2.14. The number of primary amides is 1. The van der Waals surface area contributed by atoms with Gasteiger partial charge in [-0.3, -0.25) is 14.8 Å². The number of benzene rings is 2. The summed E-state index contributed by atoms with van der Waals surface area (Å²) in [6, 6.07) is 17.5. The number of hydrogen-bond acceptors (Lipinski definition) is 5. The Hall–Kier alpha value is -4.52. The highest BCUT2D eigenvalue weighted by Crippen LogP contribution is 2.34. The van der Waals surface area contributed by atoms with Crippen molar-refractivity contribution in [3.05, 3.63) is 90.3 Å². The molecular formula is C27H24N6O. The van der Waals surface area contributed by atoms with Crippen LogP contribution in [0.2, 0.25) is 0 Å². The van der Waals surface area contributed by atoms with Crippen LogP contribution in [-0.2, 0) is 6.42 Å². The number of carbonyl (C=O) groups is 1. The Morgan fingerprint density at radius 2 is 1.85 bits per heavy atom. The van der Waals surface area contributed by atoms with Crippen molar-refractivity contribution in [2.75, 3.05) is 5.73 Å². The molecule has 0 aliphatic rings. The van der Waals surface area contributed by atoms with Crippen LogP contribution in [0.5, 0.6) is 0 Å². The summed E-state index contributed by atoms with van der Waals surface area (Å²) in [7, 11) is 0. The first-order valence-corrected chi connectivity index (χ1v) is 11.0. The molecular weight excluding hydrogens is 424 g/mol. The molecule has 7 nitrogen and oxygen atoms in total. The highest BCUT2D eigenvalue weighted by molar-refractivity contribution is 6.02. The van der Waals surface area contributed by atoms with Gasteiger partial charge in [0.05, 0.1) is 28.8 Å². The van der Waals surface area contributed by atoms with Gasteiger partial charge in [0.15, 0.2) is 0 Å². The van der Waals surface area contributed by atoms with Gasteiger partial charge in [0.1, 0.15) is 0 Å². The molecule has 0 saturated heterocycles. The quantitative estimate of drug-likeness (QED) is 0.378. The first kappa shape index (κ1) is 21.3. The third-order valence-electron chi connectivity index (χ3n) is 5.93. The Labute approximate surface area is 197 Å². The summed E-state index contributed by atoms with van der Waals surface area (Å²) in [6.07, 6.45) is 6.39. The minimum atomic E-state index is -0.542. The summed E-state index contributed by atoms with van der Waals surface area (Å²) in [5, 5.41) is 0.980. The number of hydrogen-bond donors (Lipinski definition) is 2. The average molecular weight is 449 g/mol. The number of fused-ring (bicyclic) bond motifs is 1. The number of amides is 1. The molecule has 3 aromatic heterocycles. The van der Waals surface area contributed by atoms with Gasteiger partial charge in [0.25, 0.3) is 5.91 Å². The molecule has 3 heterocycles. The number of nitrogens with two attached hydrogens (primary N) is 2. The van der Waals surface area contributed by atoms with Gasteiger partial charge in [-0.25, -0.2) is 4.98 Å². The van der Waals surface area contributed by atoms with Crippen molar-refractivity contribution in [3.63, 3.8) is 0 Å². The maximum atomic E-state index is 11.6. The molecule has 4 N–H and O–H groups in total. The Kier molecular flexibility index (Phi) is 5.30. The van der Waals surface area contributed by atoms with Gasteiger partial charge in [-0.2, -0.15) is 0 Å². The van der Waals surface area contributed by atoms with E-state index in [1.807, 2.05) is 60.3 Å². The van der Waals surface area contributed by atoms with E-state index in [0.717, 1.165) is 56.8 Å². The second-order valence-corrected chi connectivity index (χ2v) is 8.21. The highest BCUT2D eigenvalue weighted by atomic mass is 16.1. The molecule has 0 bridgehead atoms. The molecule has 0 unspecified atom stereocenters. The van der Waals surface area contributed by atoms with Crippen LogP contribution in [-0.4, -0.2) is 25.4 Å². The van der Waals surface area contributed by atoms with Crippen LogP contribution in [0.15, 0.2) is 73.3 Å². The topological polar surface area (TPSA) is 113 Å². The predicted molar refractivity (Wildman–Crippen MR) is 135 cm³/mol. The lowest BCUT2D eigenvalue weighted by molar-refractivity contribution is 0.100. The zero-order valence-corrected chi connectivity index (χ0v) is 19.0. The summed E-state index contributed by atoms with van der Waals surface area (Å²) in [5.41, 5.74) is 19.6. The number of imidazole rings is 1. The maximum Gasteiger partial charge on any atom is 0.250 e. The Morgan fingerprint density at radius 1 is 1.03 bits per heavy atom. The molecule has 0 fully saturated rings. The van der Waals surface area contributed by atoms with Crippen LogP contribution in [0.3, 0.4) is 0 Å². The van der Waals surface area contributed by atoms with Crippen molar-refractivity contribution in [1.29, 1.82) is 0 Å². The number of para-hydroxylation sites is 1. The largest absolute Gasteiger partial charge is 0.398 e. The molecule has 0 radical (unpaired) electrons. The van der Waals surface area contributed by atoms with Gasteiger partial charge in [0, 0.05) is 40.4 Å². The molecule has 0 atom stereocenters. The van der Waals surface area contributed by atoms with Crippen LogP contribution in [0, 0.1) is 6.92 Å². The van der Waals surface area contributed by atoms with Gasteiger partial charge in [-0.05, 0) is 60.9 Å². The number of anilines is 1. The van der Waals surface area contributed by atoms with Gasteiger partial charge in [-0.15, -0.1) is 0 Å². The van der Waals surface area contributed by atoms with E-state index in [4.69, 9.17) is 16.5 Å². The smallest absolute Gasteiger partial charge is 0.250 e. The van der Waals surface area contributed by atoms with Crippen molar-refractivity contribution in [2.45, 2.75) is 20.3 Å². The van der Waals surface area contributed by atoms with Crippen molar-refractivity contribution in [2.24, 2.45) is 5.73 Å². The zero-order chi connectivity index (χ0) is 23.8. The van der Waals surface area contributed by atoms with Crippen LogP contribution in [0.25, 0.3) is 39.0 Å². The number of pyridine rings is 2. The van der Waals surface area contributed by atoms with E-state index in [1.54, 1.807) is 18.5 Å². The molecule has 0 aliphatic carbocycles. The molecule has 7 heteroatoms.